The molecule has 94 valence electrons. The van der Waals surface area contributed by atoms with Crippen molar-refractivity contribution in [3.63, 3.8) is 0 Å². The average molecular weight is 227 g/mol. The lowest BCUT2D eigenvalue weighted by Crippen LogP contribution is -2.41. The molecule has 0 saturated carbocycles. The van der Waals surface area contributed by atoms with Crippen LogP contribution in [0.2, 0.25) is 0 Å². The zero-order valence-corrected chi connectivity index (χ0v) is 11.0. The zero-order valence-electron chi connectivity index (χ0n) is 11.0. The van der Waals surface area contributed by atoms with Crippen molar-refractivity contribution < 1.29 is 4.79 Å². The van der Waals surface area contributed by atoms with E-state index in [1.165, 1.54) is 0 Å². The summed E-state index contributed by atoms with van der Waals surface area (Å²) in [5.74, 6) is 0.285. The Morgan fingerprint density at radius 1 is 1.50 bits per heavy atom. The predicted molar refractivity (Wildman–Crippen MR) is 66.4 cm³/mol. The predicted octanol–water partition coefficient (Wildman–Crippen LogP) is 0.537. The van der Waals surface area contributed by atoms with Gasteiger partial charge in [0, 0.05) is 19.1 Å². The minimum absolute atomic E-state index is 0.0550. The lowest BCUT2D eigenvalue weighted by Gasteiger charge is -2.19. The minimum Gasteiger partial charge on any atom is -0.341 e. The molecule has 1 fully saturated rings. The average Bonchev–Trinajstić information content (AvgIpc) is 2.48. The van der Waals surface area contributed by atoms with E-state index in [0.29, 0.717) is 6.04 Å². The molecule has 16 heavy (non-hydrogen) atoms. The Morgan fingerprint density at radius 3 is 2.75 bits per heavy atom. The topological polar surface area (TPSA) is 35.6 Å². The summed E-state index contributed by atoms with van der Waals surface area (Å²) in [5, 5.41) is 3.32. The van der Waals surface area contributed by atoms with Gasteiger partial charge in [0.25, 0.3) is 0 Å². The molecule has 1 aliphatic rings. The summed E-state index contributed by atoms with van der Waals surface area (Å²) in [5.41, 5.74) is 0. The van der Waals surface area contributed by atoms with Gasteiger partial charge in [-0.2, -0.15) is 0 Å². The Labute approximate surface area is 99.0 Å². The van der Waals surface area contributed by atoms with E-state index in [1.54, 1.807) is 0 Å². The van der Waals surface area contributed by atoms with Gasteiger partial charge in [-0.05, 0) is 33.5 Å². The van der Waals surface area contributed by atoms with Gasteiger partial charge in [0.15, 0.2) is 0 Å². The highest BCUT2D eigenvalue weighted by Gasteiger charge is 2.30. The van der Waals surface area contributed by atoms with Crippen molar-refractivity contribution in [3.8, 4) is 0 Å². The number of nitrogens with zero attached hydrogens (tertiary/aromatic N) is 2. The molecule has 4 nitrogen and oxygen atoms in total. The number of carbonyl (C=O) groups is 1. The third-order valence-electron chi connectivity index (χ3n) is 2.87. The first-order chi connectivity index (χ1) is 7.50. The highest BCUT2D eigenvalue weighted by Crippen LogP contribution is 2.12. The Kier molecular flexibility index (Phi) is 5.22. The first-order valence-electron chi connectivity index (χ1n) is 6.20. The second-order valence-electron chi connectivity index (χ2n) is 5.14. The van der Waals surface area contributed by atoms with Gasteiger partial charge in [-0.3, -0.25) is 4.79 Å². The summed E-state index contributed by atoms with van der Waals surface area (Å²) in [6.07, 6.45) is 2.02. The maximum atomic E-state index is 12.0. The molecule has 0 spiro atoms. The summed E-state index contributed by atoms with van der Waals surface area (Å²) in [6, 6.07) is 0.440. The number of hydrogen-bond acceptors (Lipinski definition) is 3. The first kappa shape index (κ1) is 13.5. The number of carbonyl (C=O) groups excluding carboxylic acids is 1. The van der Waals surface area contributed by atoms with Gasteiger partial charge in [-0.1, -0.05) is 13.8 Å². The molecule has 4 heteroatoms. The van der Waals surface area contributed by atoms with Crippen LogP contribution in [0.25, 0.3) is 0 Å². The molecule has 0 aliphatic carbocycles. The molecule has 1 heterocycles. The summed E-state index contributed by atoms with van der Waals surface area (Å²) >= 11 is 0. The molecule has 1 amide bonds. The molecule has 1 unspecified atom stereocenters. The largest absolute Gasteiger partial charge is 0.341 e. The lowest BCUT2D eigenvalue weighted by atomic mass is 10.2. The third-order valence-corrected chi connectivity index (χ3v) is 2.87. The van der Waals surface area contributed by atoms with Crippen LogP contribution in [-0.2, 0) is 4.79 Å². The van der Waals surface area contributed by atoms with Crippen LogP contribution in [0.15, 0.2) is 0 Å². The van der Waals surface area contributed by atoms with Crippen molar-refractivity contribution in [2.75, 3.05) is 33.7 Å². The van der Waals surface area contributed by atoms with Crippen molar-refractivity contribution in [1.82, 2.24) is 15.1 Å². The summed E-state index contributed by atoms with van der Waals surface area (Å²) in [4.78, 5) is 16.1. The Hall–Kier alpha value is -0.610. The monoisotopic (exact) mass is 227 g/mol. The quantitative estimate of drug-likeness (QED) is 0.719. The van der Waals surface area contributed by atoms with Crippen LogP contribution >= 0.6 is 0 Å². The van der Waals surface area contributed by atoms with Crippen LogP contribution in [0, 0.1) is 0 Å². The second-order valence-corrected chi connectivity index (χ2v) is 5.14. The van der Waals surface area contributed by atoms with Crippen LogP contribution in [-0.4, -0.2) is 61.5 Å². The molecule has 1 N–H and O–H groups in total. The molecular formula is C12H25N3O. The van der Waals surface area contributed by atoms with Gasteiger partial charge < -0.3 is 15.1 Å². The number of likely N-dealkylation sites (tertiary alicyclic amines) is 1. The normalized spacial score (nSPS) is 21.5. The van der Waals surface area contributed by atoms with Crippen molar-refractivity contribution in [3.05, 3.63) is 0 Å². The van der Waals surface area contributed by atoms with Gasteiger partial charge in [-0.15, -0.1) is 0 Å². The van der Waals surface area contributed by atoms with E-state index < -0.39 is 0 Å². The zero-order chi connectivity index (χ0) is 12.1. The number of hydrogen-bond donors (Lipinski definition) is 1. The van der Waals surface area contributed by atoms with Crippen molar-refractivity contribution >= 4 is 5.91 Å². The van der Waals surface area contributed by atoms with Crippen molar-refractivity contribution in [1.29, 1.82) is 0 Å². The van der Waals surface area contributed by atoms with Gasteiger partial charge in [-0.25, -0.2) is 0 Å². The van der Waals surface area contributed by atoms with Crippen LogP contribution in [0.4, 0.5) is 0 Å². The number of nitrogens with one attached hydrogen (secondary N) is 1. The Morgan fingerprint density at radius 2 is 2.19 bits per heavy atom. The fraction of sp³-hybridized carbons (Fsp3) is 0.917. The van der Waals surface area contributed by atoms with E-state index in [-0.39, 0.29) is 11.9 Å². The molecule has 1 aliphatic heterocycles. The van der Waals surface area contributed by atoms with Gasteiger partial charge >= 0.3 is 0 Å². The highest BCUT2D eigenvalue weighted by atomic mass is 16.2. The third kappa shape index (κ3) is 4.10. The van der Waals surface area contributed by atoms with Crippen LogP contribution < -0.4 is 5.32 Å². The highest BCUT2D eigenvalue weighted by molar-refractivity contribution is 5.83. The Bertz CT molecular complexity index is 228. The van der Waals surface area contributed by atoms with E-state index in [9.17, 15) is 4.79 Å². The molecule has 0 radical (unpaired) electrons. The summed E-state index contributed by atoms with van der Waals surface area (Å²) in [7, 11) is 4.13. The molecule has 0 aromatic carbocycles. The van der Waals surface area contributed by atoms with E-state index in [0.717, 1.165) is 32.5 Å². The SMILES string of the molecule is CC(C)NC1CCN(CCCN(C)C)C1=O. The fourth-order valence-corrected chi connectivity index (χ4v) is 2.10. The van der Waals surface area contributed by atoms with Crippen molar-refractivity contribution in [2.45, 2.75) is 38.8 Å². The summed E-state index contributed by atoms with van der Waals surface area (Å²) in [6.45, 7) is 7.03. The molecule has 0 aromatic heterocycles. The lowest BCUT2D eigenvalue weighted by molar-refractivity contribution is -0.129. The van der Waals surface area contributed by atoms with E-state index in [1.807, 2.05) is 4.90 Å². The second kappa shape index (κ2) is 6.21. The van der Waals surface area contributed by atoms with Gasteiger partial charge in [0.2, 0.25) is 5.91 Å². The smallest absolute Gasteiger partial charge is 0.239 e. The fourth-order valence-electron chi connectivity index (χ4n) is 2.10. The summed E-state index contributed by atoms with van der Waals surface area (Å²) < 4.78 is 0. The van der Waals surface area contributed by atoms with Gasteiger partial charge in [0.05, 0.1) is 6.04 Å². The van der Waals surface area contributed by atoms with Crippen molar-refractivity contribution in [2.24, 2.45) is 0 Å². The molecule has 1 saturated heterocycles. The molecule has 0 aromatic rings. The van der Waals surface area contributed by atoms with Crippen LogP contribution in [0.1, 0.15) is 26.7 Å². The van der Waals surface area contributed by atoms with Crippen LogP contribution in [0.5, 0.6) is 0 Å². The molecular weight excluding hydrogens is 202 g/mol. The molecule has 1 atom stereocenters. The number of rotatable bonds is 6. The number of amides is 1. The van der Waals surface area contributed by atoms with E-state index in [4.69, 9.17) is 0 Å². The van der Waals surface area contributed by atoms with Gasteiger partial charge in [0.1, 0.15) is 0 Å². The minimum atomic E-state index is 0.0550. The maximum absolute atomic E-state index is 12.0. The Balaban J connectivity index is 2.28. The molecule has 0 bridgehead atoms. The standard InChI is InChI=1S/C12H25N3O/c1-10(2)13-11-6-9-15(12(11)16)8-5-7-14(3)4/h10-11,13H,5-9H2,1-4H3. The van der Waals surface area contributed by atoms with Crippen LogP contribution in [0.3, 0.4) is 0 Å². The van der Waals surface area contributed by atoms with E-state index >= 15 is 0 Å². The van der Waals surface area contributed by atoms with E-state index in [2.05, 4.69) is 38.2 Å². The first-order valence-corrected chi connectivity index (χ1v) is 6.20. The maximum Gasteiger partial charge on any atom is 0.239 e. The molecule has 1 rings (SSSR count).